The van der Waals surface area contributed by atoms with Gasteiger partial charge >= 0.3 is 0 Å². The van der Waals surface area contributed by atoms with Crippen molar-refractivity contribution in [3.05, 3.63) is 59.2 Å². The molecule has 0 radical (unpaired) electrons. The van der Waals surface area contributed by atoms with Crippen LogP contribution in [0.15, 0.2) is 42.5 Å². The lowest BCUT2D eigenvalue weighted by molar-refractivity contribution is 0.0861. The van der Waals surface area contributed by atoms with Crippen LogP contribution in [0.5, 0.6) is 5.75 Å². The fraction of sp³-hybridized carbons (Fsp3) is 0.263. The van der Waals surface area contributed by atoms with Gasteiger partial charge in [-0.1, -0.05) is 18.2 Å². The van der Waals surface area contributed by atoms with E-state index in [0.717, 1.165) is 22.6 Å². The van der Waals surface area contributed by atoms with E-state index in [1.165, 1.54) is 0 Å². The van der Waals surface area contributed by atoms with Gasteiger partial charge in [0, 0.05) is 24.3 Å². The third-order valence-electron chi connectivity index (χ3n) is 4.30. The molecule has 1 saturated heterocycles. The maximum absolute atomic E-state index is 12.8. The van der Waals surface area contributed by atoms with E-state index in [-0.39, 0.29) is 5.91 Å². The zero-order valence-corrected chi connectivity index (χ0v) is 14.9. The lowest BCUT2D eigenvalue weighted by atomic mass is 10.1. The first-order chi connectivity index (χ1) is 11.5. The van der Waals surface area contributed by atoms with Crippen LogP contribution >= 0.6 is 12.2 Å². The van der Waals surface area contributed by atoms with Crippen LogP contribution in [0.1, 0.15) is 21.5 Å². The van der Waals surface area contributed by atoms with Crippen molar-refractivity contribution in [1.82, 2.24) is 4.90 Å². The Kier molecular flexibility index (Phi) is 4.53. The van der Waals surface area contributed by atoms with Crippen LogP contribution in [0.25, 0.3) is 0 Å². The van der Waals surface area contributed by atoms with Crippen LogP contribution in [0.4, 0.5) is 5.69 Å². The largest absolute Gasteiger partial charge is 0.497 e. The number of anilines is 1. The number of hydrogen-bond acceptors (Lipinski definition) is 3. The molecule has 0 saturated carbocycles. The van der Waals surface area contributed by atoms with E-state index >= 15 is 0 Å². The summed E-state index contributed by atoms with van der Waals surface area (Å²) >= 11 is 5.59. The number of aryl methyl sites for hydroxylation is 2. The molecule has 2 aromatic carbocycles. The smallest absolute Gasteiger partial charge is 0.260 e. The fourth-order valence-corrected chi connectivity index (χ4v) is 3.41. The second-order valence-electron chi connectivity index (χ2n) is 5.86. The van der Waals surface area contributed by atoms with Crippen molar-refractivity contribution in [2.45, 2.75) is 13.8 Å². The molecule has 1 heterocycles. The zero-order valence-electron chi connectivity index (χ0n) is 14.1. The lowest BCUT2D eigenvalue weighted by Gasteiger charge is -2.24. The molecule has 24 heavy (non-hydrogen) atoms. The van der Waals surface area contributed by atoms with Gasteiger partial charge in [0.15, 0.2) is 5.11 Å². The number of amides is 1. The monoisotopic (exact) mass is 340 g/mol. The number of para-hydroxylation sites is 1. The third-order valence-corrected chi connectivity index (χ3v) is 4.74. The topological polar surface area (TPSA) is 32.8 Å². The van der Waals surface area contributed by atoms with Gasteiger partial charge in [0.1, 0.15) is 5.75 Å². The number of benzene rings is 2. The van der Waals surface area contributed by atoms with E-state index < -0.39 is 0 Å². The van der Waals surface area contributed by atoms with E-state index in [1.807, 2.05) is 6.07 Å². The summed E-state index contributed by atoms with van der Waals surface area (Å²) in [6.45, 7) is 5.45. The Morgan fingerprint density at radius 2 is 1.67 bits per heavy atom. The summed E-state index contributed by atoms with van der Waals surface area (Å²) in [5.41, 5.74) is 4.04. The van der Waals surface area contributed by atoms with Crippen LogP contribution in [-0.2, 0) is 0 Å². The number of ether oxygens (including phenoxy) is 1. The highest BCUT2D eigenvalue weighted by Gasteiger charge is 2.32. The molecule has 1 aliphatic rings. The Balaban J connectivity index is 1.84. The number of carbonyl (C=O) groups is 1. The van der Waals surface area contributed by atoms with Crippen molar-refractivity contribution >= 4 is 28.9 Å². The number of nitrogens with zero attached hydrogens (tertiary/aromatic N) is 2. The molecule has 1 aliphatic heterocycles. The molecule has 3 rings (SSSR count). The summed E-state index contributed by atoms with van der Waals surface area (Å²) in [6, 6.07) is 13.3. The van der Waals surface area contributed by atoms with Crippen LogP contribution < -0.4 is 9.64 Å². The summed E-state index contributed by atoms with van der Waals surface area (Å²) in [5.74, 6) is 0.657. The first-order valence-electron chi connectivity index (χ1n) is 7.86. The van der Waals surface area contributed by atoms with Crippen LogP contribution in [0.3, 0.4) is 0 Å². The van der Waals surface area contributed by atoms with E-state index in [2.05, 4.69) is 30.9 Å². The van der Waals surface area contributed by atoms with Gasteiger partial charge in [-0.15, -0.1) is 0 Å². The maximum Gasteiger partial charge on any atom is 0.260 e. The van der Waals surface area contributed by atoms with Crippen LogP contribution in [0.2, 0.25) is 0 Å². The van der Waals surface area contributed by atoms with Crippen LogP contribution in [-0.4, -0.2) is 36.1 Å². The van der Waals surface area contributed by atoms with Crippen molar-refractivity contribution in [2.75, 3.05) is 25.1 Å². The van der Waals surface area contributed by atoms with Crippen molar-refractivity contribution in [3.8, 4) is 5.75 Å². The highest BCUT2D eigenvalue weighted by molar-refractivity contribution is 7.80. The number of methoxy groups -OCH3 is 1. The summed E-state index contributed by atoms with van der Waals surface area (Å²) in [7, 11) is 1.61. The molecule has 1 amide bonds. The second-order valence-corrected chi connectivity index (χ2v) is 6.23. The molecule has 0 unspecified atom stereocenters. The SMILES string of the molecule is COc1ccc(C(=O)N2CCN(c3c(C)cccc3C)C2=S)cc1. The van der Waals surface area contributed by atoms with Crippen LogP contribution in [0, 0.1) is 13.8 Å². The second kappa shape index (κ2) is 6.61. The van der Waals surface area contributed by atoms with E-state index in [4.69, 9.17) is 17.0 Å². The van der Waals surface area contributed by atoms with Gasteiger partial charge in [0.05, 0.1) is 7.11 Å². The van der Waals surface area contributed by atoms with Gasteiger partial charge in [-0.25, -0.2) is 0 Å². The Morgan fingerprint density at radius 1 is 1.04 bits per heavy atom. The van der Waals surface area contributed by atoms with Gasteiger partial charge < -0.3 is 9.64 Å². The Morgan fingerprint density at radius 3 is 2.25 bits per heavy atom. The quantitative estimate of drug-likeness (QED) is 0.800. The lowest BCUT2D eigenvalue weighted by Crippen LogP contribution is -2.36. The summed E-state index contributed by atoms with van der Waals surface area (Å²) in [4.78, 5) is 16.5. The summed E-state index contributed by atoms with van der Waals surface area (Å²) < 4.78 is 5.14. The minimum Gasteiger partial charge on any atom is -0.497 e. The molecule has 0 atom stereocenters. The molecule has 0 aliphatic carbocycles. The standard InChI is InChI=1S/C19H20N2O2S/c1-13-5-4-6-14(2)17(13)20-11-12-21(19(20)24)18(22)15-7-9-16(23-3)10-8-15/h4-10H,11-12H2,1-3H3. The van der Waals surface area contributed by atoms with Gasteiger partial charge in [-0.3, -0.25) is 9.69 Å². The van der Waals surface area contributed by atoms with Crippen molar-refractivity contribution in [1.29, 1.82) is 0 Å². The Hall–Kier alpha value is -2.40. The Bertz CT molecular complexity index is 766. The average molecular weight is 340 g/mol. The predicted octanol–water partition coefficient (Wildman–Crippen LogP) is 3.56. The highest BCUT2D eigenvalue weighted by atomic mass is 32.1. The van der Waals surface area contributed by atoms with Gasteiger partial charge in [0.25, 0.3) is 5.91 Å². The molecule has 0 N–H and O–H groups in total. The first-order valence-corrected chi connectivity index (χ1v) is 8.27. The highest BCUT2D eigenvalue weighted by Crippen LogP contribution is 2.28. The third kappa shape index (κ3) is 2.87. The molecule has 4 nitrogen and oxygen atoms in total. The minimum absolute atomic E-state index is 0.0728. The molecule has 1 fully saturated rings. The molecule has 2 aromatic rings. The summed E-state index contributed by atoms with van der Waals surface area (Å²) in [6.07, 6.45) is 0. The number of hydrogen-bond donors (Lipinski definition) is 0. The molecule has 5 heteroatoms. The molecule has 124 valence electrons. The fourth-order valence-electron chi connectivity index (χ4n) is 3.05. The van der Waals surface area contributed by atoms with Crippen molar-refractivity contribution < 1.29 is 9.53 Å². The average Bonchev–Trinajstić information content (AvgIpc) is 2.96. The molecule has 0 bridgehead atoms. The summed E-state index contributed by atoms with van der Waals surface area (Å²) in [5, 5.41) is 0.563. The van der Waals surface area contributed by atoms with Crippen molar-refractivity contribution in [2.24, 2.45) is 0 Å². The van der Waals surface area contributed by atoms with Crippen molar-refractivity contribution in [3.63, 3.8) is 0 Å². The van der Waals surface area contributed by atoms with Gasteiger partial charge in [-0.05, 0) is 61.5 Å². The van der Waals surface area contributed by atoms with E-state index in [0.29, 0.717) is 23.8 Å². The number of thiocarbonyl (C=S) groups is 1. The molecular formula is C19H20N2O2S. The van der Waals surface area contributed by atoms with E-state index in [9.17, 15) is 4.79 Å². The molecule has 0 spiro atoms. The first kappa shape index (κ1) is 16.5. The van der Waals surface area contributed by atoms with Gasteiger partial charge in [-0.2, -0.15) is 0 Å². The maximum atomic E-state index is 12.8. The van der Waals surface area contributed by atoms with Gasteiger partial charge in [0.2, 0.25) is 0 Å². The molecular weight excluding hydrogens is 320 g/mol. The minimum atomic E-state index is -0.0728. The normalized spacial score (nSPS) is 14.2. The predicted molar refractivity (Wildman–Crippen MR) is 99.9 cm³/mol. The number of carbonyl (C=O) groups excluding carboxylic acids is 1. The Labute approximate surface area is 147 Å². The zero-order chi connectivity index (χ0) is 17.3. The number of rotatable bonds is 3. The molecule has 0 aromatic heterocycles. The van der Waals surface area contributed by atoms with E-state index in [1.54, 1.807) is 36.3 Å².